The predicted molar refractivity (Wildman–Crippen MR) is 74.9 cm³/mol. The fourth-order valence-electron chi connectivity index (χ4n) is 2.09. The Morgan fingerprint density at radius 3 is 2.56 bits per heavy atom. The monoisotopic (exact) mass is 331 g/mol. The smallest absolute Gasteiger partial charge is 0.119 e. The summed E-state index contributed by atoms with van der Waals surface area (Å²) in [6.45, 7) is 1.72. The van der Waals surface area contributed by atoms with Crippen molar-refractivity contribution in [3.63, 3.8) is 0 Å². The van der Waals surface area contributed by atoms with E-state index in [1.165, 1.54) is 29.3 Å². The molecule has 1 aliphatic carbocycles. The van der Waals surface area contributed by atoms with Gasteiger partial charge < -0.3 is 10.1 Å². The second-order valence-corrected chi connectivity index (χ2v) is 5.48. The first-order chi connectivity index (χ1) is 7.84. The molecule has 1 aromatic carbocycles. The lowest BCUT2D eigenvalue weighted by Crippen LogP contribution is -2.30. The van der Waals surface area contributed by atoms with Gasteiger partial charge in [-0.05, 0) is 59.7 Å². The largest absolute Gasteiger partial charge is 0.492 e. The molecule has 2 rings (SSSR count). The average Bonchev–Trinajstić information content (AvgIpc) is 2.80. The molecule has 0 aromatic heterocycles. The van der Waals surface area contributed by atoms with Crippen molar-refractivity contribution in [2.75, 3.05) is 13.2 Å². The van der Waals surface area contributed by atoms with Gasteiger partial charge in [-0.1, -0.05) is 12.8 Å². The normalized spacial score (nSPS) is 16.6. The minimum atomic E-state index is 0.736. The van der Waals surface area contributed by atoms with Crippen LogP contribution in [0.2, 0.25) is 0 Å². The predicted octanol–water partition coefficient (Wildman–Crippen LogP) is 3.20. The van der Waals surface area contributed by atoms with Crippen molar-refractivity contribution in [2.24, 2.45) is 0 Å². The van der Waals surface area contributed by atoms with E-state index >= 15 is 0 Å². The zero-order chi connectivity index (χ0) is 11.2. The maximum absolute atomic E-state index is 5.65. The first-order valence-electron chi connectivity index (χ1n) is 5.96. The van der Waals surface area contributed by atoms with Gasteiger partial charge in [-0.25, -0.2) is 0 Å². The first-order valence-corrected chi connectivity index (χ1v) is 7.04. The first kappa shape index (κ1) is 12.2. The quantitative estimate of drug-likeness (QED) is 0.661. The molecule has 0 radical (unpaired) electrons. The van der Waals surface area contributed by atoms with Crippen LogP contribution in [0.1, 0.15) is 25.7 Å². The summed E-state index contributed by atoms with van der Waals surface area (Å²) in [6.07, 6.45) is 5.44. The number of nitrogens with one attached hydrogen (secondary N) is 1. The van der Waals surface area contributed by atoms with Crippen molar-refractivity contribution in [3.8, 4) is 5.75 Å². The molecule has 0 amide bonds. The van der Waals surface area contributed by atoms with Gasteiger partial charge in [-0.3, -0.25) is 0 Å². The summed E-state index contributed by atoms with van der Waals surface area (Å²) < 4.78 is 6.90. The molecular formula is C13H18INO. The Bertz CT molecular complexity index is 306. The molecule has 1 fully saturated rings. The Morgan fingerprint density at radius 2 is 1.88 bits per heavy atom. The van der Waals surface area contributed by atoms with E-state index in [9.17, 15) is 0 Å². The van der Waals surface area contributed by atoms with Crippen molar-refractivity contribution in [2.45, 2.75) is 31.7 Å². The molecular weight excluding hydrogens is 313 g/mol. The molecule has 0 bridgehead atoms. The fourth-order valence-corrected chi connectivity index (χ4v) is 2.45. The Kier molecular flexibility index (Phi) is 4.91. The van der Waals surface area contributed by atoms with Crippen LogP contribution in [0, 0.1) is 3.57 Å². The maximum Gasteiger partial charge on any atom is 0.119 e. The van der Waals surface area contributed by atoms with E-state index in [0.717, 1.165) is 24.9 Å². The van der Waals surface area contributed by atoms with E-state index < -0.39 is 0 Å². The van der Waals surface area contributed by atoms with Crippen LogP contribution in [0.5, 0.6) is 5.75 Å². The molecule has 0 aliphatic heterocycles. The van der Waals surface area contributed by atoms with Crippen LogP contribution in [0.3, 0.4) is 0 Å². The Labute approximate surface area is 111 Å². The van der Waals surface area contributed by atoms with Crippen molar-refractivity contribution in [3.05, 3.63) is 27.8 Å². The number of halogens is 1. The second kappa shape index (κ2) is 6.45. The fraction of sp³-hybridized carbons (Fsp3) is 0.538. The summed E-state index contributed by atoms with van der Waals surface area (Å²) in [5.74, 6) is 0.966. The zero-order valence-corrected chi connectivity index (χ0v) is 11.6. The van der Waals surface area contributed by atoms with Crippen LogP contribution >= 0.6 is 22.6 Å². The van der Waals surface area contributed by atoms with E-state index in [-0.39, 0.29) is 0 Å². The highest BCUT2D eigenvalue weighted by Gasteiger charge is 2.13. The molecule has 1 saturated carbocycles. The van der Waals surface area contributed by atoms with Gasteiger partial charge in [0.2, 0.25) is 0 Å². The van der Waals surface area contributed by atoms with Crippen LogP contribution in [-0.2, 0) is 0 Å². The molecule has 1 aliphatic rings. The molecule has 16 heavy (non-hydrogen) atoms. The topological polar surface area (TPSA) is 21.3 Å². The maximum atomic E-state index is 5.65. The van der Waals surface area contributed by atoms with E-state index in [1.807, 2.05) is 12.1 Å². The van der Waals surface area contributed by atoms with Crippen molar-refractivity contribution in [1.29, 1.82) is 0 Å². The number of ether oxygens (including phenoxy) is 1. The van der Waals surface area contributed by atoms with Gasteiger partial charge in [0.25, 0.3) is 0 Å². The van der Waals surface area contributed by atoms with E-state index in [0.29, 0.717) is 0 Å². The summed E-state index contributed by atoms with van der Waals surface area (Å²) in [7, 11) is 0. The number of hydrogen-bond acceptors (Lipinski definition) is 2. The highest BCUT2D eigenvalue weighted by molar-refractivity contribution is 14.1. The number of hydrogen-bond donors (Lipinski definition) is 1. The number of benzene rings is 1. The third kappa shape index (κ3) is 3.94. The third-order valence-electron chi connectivity index (χ3n) is 2.97. The Morgan fingerprint density at radius 1 is 1.19 bits per heavy atom. The van der Waals surface area contributed by atoms with Gasteiger partial charge in [-0.15, -0.1) is 0 Å². The molecule has 0 heterocycles. The minimum absolute atomic E-state index is 0.736. The highest BCUT2D eigenvalue weighted by Crippen LogP contribution is 2.17. The molecule has 0 atom stereocenters. The summed E-state index contributed by atoms with van der Waals surface area (Å²) in [5, 5.41) is 3.54. The highest BCUT2D eigenvalue weighted by atomic mass is 127. The Hall–Kier alpha value is -0.290. The minimum Gasteiger partial charge on any atom is -0.492 e. The van der Waals surface area contributed by atoms with E-state index in [1.54, 1.807) is 0 Å². The summed E-state index contributed by atoms with van der Waals surface area (Å²) in [6, 6.07) is 8.93. The van der Waals surface area contributed by atoms with Crippen LogP contribution in [0.25, 0.3) is 0 Å². The molecule has 2 nitrogen and oxygen atoms in total. The lowest BCUT2D eigenvalue weighted by molar-refractivity contribution is 0.305. The molecule has 1 aromatic rings. The molecule has 3 heteroatoms. The van der Waals surface area contributed by atoms with Crippen molar-refractivity contribution < 1.29 is 4.74 Å². The molecule has 0 unspecified atom stereocenters. The van der Waals surface area contributed by atoms with Crippen LogP contribution < -0.4 is 10.1 Å². The van der Waals surface area contributed by atoms with Gasteiger partial charge in [0, 0.05) is 16.2 Å². The standard InChI is InChI=1S/C13H18INO/c14-11-5-7-13(8-6-11)16-10-9-15-12-3-1-2-4-12/h5-8,12,15H,1-4,9-10H2. The second-order valence-electron chi connectivity index (χ2n) is 4.24. The lowest BCUT2D eigenvalue weighted by atomic mass is 10.2. The third-order valence-corrected chi connectivity index (χ3v) is 3.69. The molecule has 0 saturated heterocycles. The number of rotatable bonds is 5. The zero-order valence-electron chi connectivity index (χ0n) is 9.42. The summed E-state index contributed by atoms with van der Waals surface area (Å²) in [4.78, 5) is 0. The molecule has 1 N–H and O–H groups in total. The summed E-state index contributed by atoms with van der Waals surface area (Å²) in [5.41, 5.74) is 0. The lowest BCUT2D eigenvalue weighted by Gasteiger charge is -2.12. The SMILES string of the molecule is Ic1ccc(OCCNC2CCCC2)cc1. The summed E-state index contributed by atoms with van der Waals surface area (Å²) >= 11 is 2.30. The van der Waals surface area contributed by atoms with Crippen molar-refractivity contribution >= 4 is 22.6 Å². The van der Waals surface area contributed by atoms with Crippen LogP contribution in [0.4, 0.5) is 0 Å². The van der Waals surface area contributed by atoms with Gasteiger partial charge in [-0.2, -0.15) is 0 Å². The van der Waals surface area contributed by atoms with E-state index in [2.05, 4.69) is 40.0 Å². The van der Waals surface area contributed by atoms with Gasteiger partial charge in [0.1, 0.15) is 12.4 Å². The average molecular weight is 331 g/mol. The van der Waals surface area contributed by atoms with Crippen LogP contribution in [0.15, 0.2) is 24.3 Å². The Balaban J connectivity index is 1.62. The molecule has 88 valence electrons. The van der Waals surface area contributed by atoms with Crippen molar-refractivity contribution in [1.82, 2.24) is 5.32 Å². The van der Waals surface area contributed by atoms with Gasteiger partial charge in [0.05, 0.1) is 0 Å². The van der Waals surface area contributed by atoms with Gasteiger partial charge >= 0.3 is 0 Å². The van der Waals surface area contributed by atoms with E-state index in [4.69, 9.17) is 4.74 Å². The van der Waals surface area contributed by atoms with Gasteiger partial charge in [0.15, 0.2) is 0 Å². The molecule has 0 spiro atoms. The van der Waals surface area contributed by atoms with Crippen LogP contribution in [-0.4, -0.2) is 19.2 Å².